The average Bonchev–Trinajstić information content (AvgIpc) is 2.90. The molecule has 0 radical (unpaired) electrons. The summed E-state index contributed by atoms with van der Waals surface area (Å²) in [7, 11) is 1.47. The van der Waals surface area contributed by atoms with Gasteiger partial charge in [-0.25, -0.2) is 0 Å². The molecule has 0 amide bonds. The van der Waals surface area contributed by atoms with Gasteiger partial charge in [0.1, 0.15) is 0 Å². The summed E-state index contributed by atoms with van der Waals surface area (Å²) in [6.07, 6.45) is 3.59. The Balaban J connectivity index is 2.04. The second-order valence-electron chi connectivity index (χ2n) is 5.68. The van der Waals surface area contributed by atoms with Crippen LogP contribution >= 0.6 is 0 Å². The van der Waals surface area contributed by atoms with Gasteiger partial charge >= 0.3 is 5.97 Å². The van der Waals surface area contributed by atoms with E-state index >= 15 is 0 Å². The minimum absolute atomic E-state index is 0.0266. The first-order valence-electron chi connectivity index (χ1n) is 7.38. The van der Waals surface area contributed by atoms with Crippen LogP contribution in [-0.4, -0.2) is 19.2 Å². The molecule has 0 saturated heterocycles. The molecule has 1 aliphatic rings. The van der Waals surface area contributed by atoms with Crippen molar-refractivity contribution in [1.82, 2.24) is 0 Å². The van der Waals surface area contributed by atoms with Gasteiger partial charge in [0.2, 0.25) is 0 Å². The van der Waals surface area contributed by atoms with Crippen LogP contribution in [0.15, 0.2) is 24.3 Å². The van der Waals surface area contributed by atoms with Crippen molar-refractivity contribution in [2.75, 3.05) is 7.11 Å². The number of benzene rings is 1. The first kappa shape index (κ1) is 15.0. The molecule has 1 aromatic carbocycles. The molecular formula is C17H24O3. The molecule has 2 atom stereocenters. The predicted molar refractivity (Wildman–Crippen MR) is 78.3 cm³/mol. The Hall–Kier alpha value is -1.35. The SMILES string of the molecule is CCC1(C(=O)OC)CCCC1OCc1ccc(C)cc1. The van der Waals surface area contributed by atoms with Crippen LogP contribution < -0.4 is 0 Å². The van der Waals surface area contributed by atoms with E-state index in [4.69, 9.17) is 9.47 Å². The quantitative estimate of drug-likeness (QED) is 0.770. The molecule has 3 nitrogen and oxygen atoms in total. The van der Waals surface area contributed by atoms with Crippen molar-refractivity contribution in [1.29, 1.82) is 0 Å². The molecule has 0 aromatic heterocycles. The minimum atomic E-state index is -0.445. The number of carbonyl (C=O) groups is 1. The highest BCUT2D eigenvalue weighted by atomic mass is 16.5. The molecule has 20 heavy (non-hydrogen) atoms. The third-order valence-electron chi connectivity index (χ3n) is 4.50. The Morgan fingerprint density at radius 3 is 2.65 bits per heavy atom. The smallest absolute Gasteiger partial charge is 0.314 e. The van der Waals surface area contributed by atoms with Gasteiger partial charge in [-0.15, -0.1) is 0 Å². The van der Waals surface area contributed by atoms with E-state index in [1.807, 2.05) is 6.92 Å². The molecule has 110 valence electrons. The number of esters is 1. The van der Waals surface area contributed by atoms with Gasteiger partial charge in [-0.05, 0) is 38.2 Å². The van der Waals surface area contributed by atoms with E-state index in [0.717, 1.165) is 31.2 Å². The van der Waals surface area contributed by atoms with Crippen LogP contribution in [0.4, 0.5) is 0 Å². The topological polar surface area (TPSA) is 35.5 Å². The summed E-state index contributed by atoms with van der Waals surface area (Å²) in [6, 6.07) is 8.33. The lowest BCUT2D eigenvalue weighted by molar-refractivity contribution is -0.162. The van der Waals surface area contributed by atoms with E-state index in [9.17, 15) is 4.79 Å². The first-order valence-corrected chi connectivity index (χ1v) is 7.38. The molecule has 3 heteroatoms. The molecule has 2 unspecified atom stereocenters. The fraction of sp³-hybridized carbons (Fsp3) is 0.588. The molecule has 0 heterocycles. The third kappa shape index (κ3) is 2.88. The van der Waals surface area contributed by atoms with Crippen molar-refractivity contribution >= 4 is 5.97 Å². The highest BCUT2D eigenvalue weighted by Gasteiger charge is 2.49. The van der Waals surface area contributed by atoms with Crippen molar-refractivity contribution in [3.63, 3.8) is 0 Å². The second-order valence-corrected chi connectivity index (χ2v) is 5.68. The summed E-state index contributed by atoms with van der Waals surface area (Å²) in [5, 5.41) is 0. The number of hydrogen-bond acceptors (Lipinski definition) is 3. The molecule has 1 fully saturated rings. The number of rotatable bonds is 5. The average molecular weight is 276 g/mol. The van der Waals surface area contributed by atoms with Crippen molar-refractivity contribution in [3.8, 4) is 0 Å². The maximum absolute atomic E-state index is 12.1. The van der Waals surface area contributed by atoms with Crippen molar-refractivity contribution in [3.05, 3.63) is 35.4 Å². The summed E-state index contributed by atoms with van der Waals surface area (Å²) < 4.78 is 11.1. The van der Waals surface area contributed by atoms with Gasteiger partial charge in [0.05, 0.1) is 25.2 Å². The number of carbonyl (C=O) groups excluding carboxylic acids is 1. The lowest BCUT2D eigenvalue weighted by atomic mass is 9.81. The number of methoxy groups -OCH3 is 1. The number of aryl methyl sites for hydroxylation is 1. The van der Waals surface area contributed by atoms with Gasteiger partial charge < -0.3 is 9.47 Å². The van der Waals surface area contributed by atoms with Crippen molar-refractivity contribution < 1.29 is 14.3 Å². The standard InChI is InChI=1S/C17H24O3/c1-4-17(16(18)19-3)11-5-6-15(17)20-12-14-9-7-13(2)8-10-14/h7-10,15H,4-6,11-12H2,1-3H3. The number of ether oxygens (including phenoxy) is 2. The Kier molecular flexibility index (Phi) is 4.81. The molecular weight excluding hydrogens is 252 g/mol. The van der Waals surface area contributed by atoms with E-state index in [1.165, 1.54) is 12.7 Å². The third-order valence-corrected chi connectivity index (χ3v) is 4.50. The summed E-state index contributed by atoms with van der Waals surface area (Å²) in [5.74, 6) is -0.119. The maximum atomic E-state index is 12.1. The van der Waals surface area contributed by atoms with Crippen molar-refractivity contribution in [2.45, 2.75) is 52.2 Å². The number of hydrogen-bond donors (Lipinski definition) is 0. The first-order chi connectivity index (χ1) is 9.62. The molecule has 0 aliphatic heterocycles. The molecule has 1 saturated carbocycles. The van der Waals surface area contributed by atoms with Gasteiger partial charge in [-0.3, -0.25) is 4.79 Å². The fourth-order valence-electron chi connectivity index (χ4n) is 3.15. The fourth-order valence-corrected chi connectivity index (χ4v) is 3.15. The second kappa shape index (κ2) is 6.40. The van der Waals surface area contributed by atoms with Crippen LogP contribution in [0.3, 0.4) is 0 Å². The van der Waals surface area contributed by atoms with E-state index in [1.54, 1.807) is 0 Å². The van der Waals surface area contributed by atoms with Gasteiger partial charge in [0.15, 0.2) is 0 Å². The Morgan fingerprint density at radius 2 is 2.05 bits per heavy atom. The van der Waals surface area contributed by atoms with Crippen LogP contribution in [-0.2, 0) is 20.9 Å². The van der Waals surface area contributed by atoms with Crippen LogP contribution in [0.2, 0.25) is 0 Å². The Morgan fingerprint density at radius 1 is 1.35 bits per heavy atom. The minimum Gasteiger partial charge on any atom is -0.469 e. The van der Waals surface area contributed by atoms with E-state index < -0.39 is 5.41 Å². The Labute approximate surface area is 121 Å². The molecule has 0 bridgehead atoms. The summed E-state index contributed by atoms with van der Waals surface area (Å²) >= 11 is 0. The van der Waals surface area contributed by atoms with Crippen molar-refractivity contribution in [2.24, 2.45) is 5.41 Å². The highest BCUT2D eigenvalue weighted by Crippen LogP contribution is 2.44. The zero-order valence-corrected chi connectivity index (χ0v) is 12.6. The molecule has 2 rings (SSSR count). The van der Waals surface area contributed by atoms with Gasteiger partial charge in [-0.1, -0.05) is 36.8 Å². The summed E-state index contributed by atoms with van der Waals surface area (Å²) in [6.45, 7) is 4.68. The lowest BCUT2D eigenvalue weighted by Crippen LogP contribution is -2.40. The van der Waals surface area contributed by atoms with Gasteiger partial charge in [-0.2, -0.15) is 0 Å². The molecule has 1 aliphatic carbocycles. The van der Waals surface area contributed by atoms with Crippen LogP contribution in [0, 0.1) is 12.3 Å². The zero-order chi connectivity index (χ0) is 14.6. The predicted octanol–water partition coefficient (Wildman–Crippen LogP) is 3.63. The van der Waals surface area contributed by atoms with Crippen LogP contribution in [0.1, 0.15) is 43.7 Å². The van der Waals surface area contributed by atoms with E-state index in [0.29, 0.717) is 6.61 Å². The normalized spacial score (nSPS) is 25.6. The Bertz CT molecular complexity index is 452. The van der Waals surface area contributed by atoms with Crippen LogP contribution in [0.25, 0.3) is 0 Å². The summed E-state index contributed by atoms with van der Waals surface area (Å²) in [4.78, 5) is 12.1. The maximum Gasteiger partial charge on any atom is 0.314 e. The zero-order valence-electron chi connectivity index (χ0n) is 12.6. The molecule has 0 N–H and O–H groups in total. The van der Waals surface area contributed by atoms with E-state index in [-0.39, 0.29) is 12.1 Å². The monoisotopic (exact) mass is 276 g/mol. The summed E-state index contributed by atoms with van der Waals surface area (Å²) in [5.41, 5.74) is 1.95. The van der Waals surface area contributed by atoms with Gasteiger partial charge in [0.25, 0.3) is 0 Å². The molecule has 0 spiro atoms. The van der Waals surface area contributed by atoms with E-state index in [2.05, 4.69) is 31.2 Å². The lowest BCUT2D eigenvalue weighted by Gasteiger charge is -2.31. The van der Waals surface area contributed by atoms with Gasteiger partial charge in [0, 0.05) is 0 Å². The highest BCUT2D eigenvalue weighted by molar-refractivity contribution is 5.77. The molecule has 1 aromatic rings. The van der Waals surface area contributed by atoms with Crippen LogP contribution in [0.5, 0.6) is 0 Å². The largest absolute Gasteiger partial charge is 0.469 e.